The summed E-state index contributed by atoms with van der Waals surface area (Å²) in [5, 5.41) is 67.3. The van der Waals surface area contributed by atoms with E-state index < -0.39 is 11.0 Å². The second-order valence-corrected chi connectivity index (χ2v) is 54.7. The fourth-order valence-electron chi connectivity index (χ4n) is 15.1. The number of carbonyl (C=O) groups is 11. The van der Waals surface area contributed by atoms with Crippen LogP contribution in [0.25, 0.3) is 0 Å². The van der Waals surface area contributed by atoms with Crippen molar-refractivity contribution in [3.63, 3.8) is 0 Å². The minimum atomic E-state index is -0.510. The first-order valence-electron chi connectivity index (χ1n) is 53.0. The average Bonchev–Trinajstić information content (AvgIpc) is 1.62. The first-order chi connectivity index (χ1) is 62.9. The second-order valence-electron chi connectivity index (χ2n) is 54.7. The normalized spacial score (nSPS) is 25.1. The van der Waals surface area contributed by atoms with Crippen molar-refractivity contribution < 1.29 is 77.9 Å². The van der Waals surface area contributed by atoms with Crippen molar-refractivity contribution in [2.45, 2.75) is 491 Å². The van der Waals surface area contributed by atoms with Crippen LogP contribution in [-0.4, -0.2) is 255 Å². The standard InChI is InChI=1S/C17H31N3O.C13H25NO.C11H22N2O.2C11H21NO2.C10H19NO2.C10H17NO2.C10H19NO2.C9H17NO2.C8H15NO/c1-16(2,3)15(21)18-17(6-7-17)13-20-10-8-19(9-11-20)12-14-4-5-14;1-10-6-8-13(5,9-7-10)14-11(15)12(2,3)4;1-10(2,3)9(14)12-11(6-7-11)8-13(4)5;1-11(2,3)10(14)12-8-6-4-5-7-9(8)13;1-5-14-8-11(6-7-11)12-9(13)10(2,3)4;1-9(2,3)8(13)11-10(4)5-7(12)6-10;1-7(12)10(5-6-10)11-8(13)9(2,3)4;1-10(2,3)9(13)11-7-4-5-8(12)6-7;1-8(2,3)7(12)10-9(6-11)4-5-9;1-8(2,3)7(10)9-6-4-5-6/h14H,4-13H2,1-3H3,(H,18,21);10H,6-9H2,1-5H3,(H,14,15);6-8H2,1-5H3,(H,12,14);8-9,13H,4-7H2,1-3H3,(H,12,14);5-8H2,1-4H3,(H,12,13);7,12H,5-6H2,1-4H3,(H,11,13);5-6H2,1-4H3,(H,11,13);7-8,12H,4-6H2,1-3H3,(H,11,13);11H,4-6H2,1-3H3,(H,10,12);6H,4-5H2,1-3H3,(H,9,10). The molecule has 12 fully saturated rings. The molecule has 11 aliphatic carbocycles. The summed E-state index contributed by atoms with van der Waals surface area (Å²) in [4.78, 5) is 135. The van der Waals surface area contributed by atoms with E-state index in [4.69, 9.17) is 14.9 Å². The van der Waals surface area contributed by atoms with Gasteiger partial charge in [-0.1, -0.05) is 227 Å². The average molecular weight is 1970 g/mol. The molecule has 1 aliphatic heterocycles. The van der Waals surface area contributed by atoms with Crippen LogP contribution in [0.15, 0.2) is 0 Å². The number of carbonyl (C=O) groups excluding carboxylic acids is 11. The Morgan fingerprint density at radius 1 is 0.367 bits per heavy atom. The van der Waals surface area contributed by atoms with Crippen molar-refractivity contribution in [3.05, 3.63) is 0 Å². The Morgan fingerprint density at radius 3 is 1.03 bits per heavy atom. The molecule has 1 saturated heterocycles. The number of aliphatic hydroxyl groups excluding tert-OH is 4. The summed E-state index contributed by atoms with van der Waals surface area (Å²) in [5.41, 5.74) is -3.95. The predicted octanol–water partition coefficient (Wildman–Crippen LogP) is 14.6. The van der Waals surface area contributed by atoms with E-state index in [0.717, 1.165) is 141 Å². The molecule has 0 aromatic carbocycles. The fourth-order valence-corrected chi connectivity index (χ4v) is 15.1. The molecule has 0 aromatic rings. The van der Waals surface area contributed by atoms with Crippen molar-refractivity contribution in [2.75, 3.05) is 79.7 Å². The van der Waals surface area contributed by atoms with Crippen molar-refractivity contribution in [3.8, 4) is 0 Å². The topological polar surface area (TPSA) is 408 Å². The maximum atomic E-state index is 12.2. The van der Waals surface area contributed by atoms with Gasteiger partial charge in [0, 0.05) is 130 Å². The highest BCUT2D eigenvalue weighted by Crippen LogP contribution is 2.43. The second kappa shape index (κ2) is 51.4. The van der Waals surface area contributed by atoms with E-state index in [2.05, 4.69) is 81.7 Å². The van der Waals surface area contributed by atoms with E-state index in [1.54, 1.807) is 0 Å². The quantitative estimate of drug-likeness (QED) is 0.0507. The SMILES string of the molecule is CC(=O)C1(NC(=O)C(C)(C)C)CC1.CC(C)(C)C(=O)NC1(CN2CCN(CC3CC3)CC2)CC1.CC(C)(C)C(=O)NC1(CO)CC1.CC(C)(C)C(=O)NC1CC1.CC(C)(C)C(=O)NC1CCC(O)C1.CC(C)(C)C(=O)NC1CCCCC1O.CC1(NC(=O)C(C)(C)C)CC(O)C1.CC1CCC(C)(NC(=O)C(C)(C)C)CC1.CCOCC1(NC(=O)C(C)(C)C)CC1.CN(C)CC1(NC(=O)C(C)(C)C)CC1. The Balaban J connectivity index is 0.000000400. The van der Waals surface area contributed by atoms with Crippen molar-refractivity contribution in [2.24, 2.45) is 66.0 Å². The first kappa shape index (κ1) is 127. The minimum absolute atomic E-state index is 0.0223. The Hall–Kier alpha value is -5.95. The van der Waals surface area contributed by atoms with E-state index in [1.165, 1.54) is 78.2 Å². The summed E-state index contributed by atoms with van der Waals surface area (Å²) >= 11 is 0. The molecule has 11 saturated carbocycles. The molecule has 12 rings (SSSR count). The number of hydrogen-bond donors (Lipinski definition) is 14. The van der Waals surface area contributed by atoms with Gasteiger partial charge in [0.15, 0.2) is 5.78 Å². The molecule has 0 spiro atoms. The van der Waals surface area contributed by atoms with Gasteiger partial charge in [0.25, 0.3) is 0 Å². The van der Waals surface area contributed by atoms with E-state index in [-0.39, 0.29) is 184 Å². The molecule has 12 aliphatic rings. The Labute approximate surface area is 842 Å². The minimum Gasteiger partial charge on any atom is -0.394 e. The highest BCUT2D eigenvalue weighted by molar-refractivity contribution is 5.95. The van der Waals surface area contributed by atoms with Crippen molar-refractivity contribution in [1.82, 2.24) is 67.9 Å². The molecular formula is C110H207N13O16. The van der Waals surface area contributed by atoms with Crippen LogP contribution in [0.3, 0.4) is 0 Å². The third-order valence-electron chi connectivity index (χ3n) is 27.5. The number of aliphatic hydroxyl groups is 4. The number of amides is 10. The molecule has 4 atom stereocenters. The fraction of sp³-hybridized carbons (Fsp3) is 0.900. The maximum Gasteiger partial charge on any atom is 0.226 e. The number of likely N-dealkylation sites (N-methyl/N-ethyl adjacent to an activating group) is 1. The zero-order valence-electron chi connectivity index (χ0n) is 94.8. The highest BCUT2D eigenvalue weighted by atomic mass is 16.5. The lowest BCUT2D eigenvalue weighted by Crippen LogP contribution is -2.59. The number of nitrogens with one attached hydrogen (secondary N) is 10. The molecule has 29 heteroatoms. The van der Waals surface area contributed by atoms with Gasteiger partial charge in [0.1, 0.15) is 0 Å². The monoisotopic (exact) mass is 1970 g/mol. The van der Waals surface area contributed by atoms with Crippen LogP contribution in [-0.2, 0) is 57.5 Å². The molecule has 0 radical (unpaired) electrons. The predicted molar refractivity (Wildman–Crippen MR) is 559 cm³/mol. The van der Waals surface area contributed by atoms with Crippen molar-refractivity contribution in [1.29, 1.82) is 0 Å². The number of hydrogen-bond acceptors (Lipinski definition) is 19. The zero-order valence-corrected chi connectivity index (χ0v) is 94.8. The van der Waals surface area contributed by atoms with E-state index >= 15 is 0 Å². The number of Topliss-reactive ketones (excluding diaryl/α,β-unsaturated/α-hetero) is 1. The molecule has 29 nitrogen and oxygen atoms in total. The molecular weight excluding hydrogens is 1760 g/mol. The van der Waals surface area contributed by atoms with Crippen LogP contribution in [0, 0.1) is 66.0 Å². The summed E-state index contributed by atoms with van der Waals surface area (Å²) < 4.78 is 5.36. The third kappa shape index (κ3) is 49.7. The molecule has 0 bridgehead atoms. The van der Waals surface area contributed by atoms with Crippen LogP contribution >= 0.6 is 0 Å². The van der Waals surface area contributed by atoms with E-state index in [0.29, 0.717) is 38.5 Å². The van der Waals surface area contributed by atoms with Gasteiger partial charge in [-0.3, -0.25) is 57.6 Å². The lowest BCUT2D eigenvalue weighted by molar-refractivity contribution is -0.133. The molecule has 808 valence electrons. The molecule has 0 aromatic heterocycles. The van der Waals surface area contributed by atoms with Gasteiger partial charge in [0.2, 0.25) is 59.1 Å². The largest absolute Gasteiger partial charge is 0.394 e. The summed E-state index contributed by atoms with van der Waals surface area (Å²) in [6.45, 7) is 77.0. The number of rotatable bonds is 21. The van der Waals surface area contributed by atoms with Crippen LogP contribution in [0.5, 0.6) is 0 Å². The van der Waals surface area contributed by atoms with E-state index in [9.17, 15) is 63.0 Å². The number of nitrogens with zero attached hydrogens (tertiary/aromatic N) is 3. The van der Waals surface area contributed by atoms with Crippen LogP contribution < -0.4 is 53.2 Å². The van der Waals surface area contributed by atoms with Gasteiger partial charge >= 0.3 is 0 Å². The Kier molecular flexibility index (Phi) is 47.0. The lowest BCUT2D eigenvalue weighted by atomic mass is 9.75. The summed E-state index contributed by atoms with van der Waals surface area (Å²) in [6.07, 6.45) is 26.9. The van der Waals surface area contributed by atoms with Gasteiger partial charge in [0.05, 0.1) is 65.3 Å². The number of ketones is 1. The van der Waals surface area contributed by atoms with Crippen LogP contribution in [0.4, 0.5) is 0 Å². The third-order valence-corrected chi connectivity index (χ3v) is 27.5. The van der Waals surface area contributed by atoms with E-state index in [1.807, 2.05) is 236 Å². The number of ether oxygens (including phenoxy) is 1. The Bertz CT molecular complexity index is 3890. The molecule has 139 heavy (non-hydrogen) atoms. The van der Waals surface area contributed by atoms with Gasteiger partial charge in [-0.25, -0.2) is 0 Å². The first-order valence-corrected chi connectivity index (χ1v) is 53.0. The maximum absolute atomic E-state index is 12.2. The Morgan fingerprint density at radius 2 is 0.705 bits per heavy atom. The van der Waals surface area contributed by atoms with Gasteiger partial charge in [-0.2, -0.15) is 0 Å². The molecule has 1 heterocycles. The van der Waals surface area contributed by atoms with Crippen LogP contribution in [0.2, 0.25) is 0 Å². The number of piperazine rings is 1. The molecule has 4 unspecified atom stereocenters. The highest BCUT2D eigenvalue weighted by Gasteiger charge is 2.52. The van der Waals surface area contributed by atoms with Gasteiger partial charge in [-0.15, -0.1) is 0 Å². The van der Waals surface area contributed by atoms with Gasteiger partial charge in [-0.05, 0) is 214 Å². The summed E-state index contributed by atoms with van der Waals surface area (Å²) in [5.74, 6) is 2.88. The van der Waals surface area contributed by atoms with Crippen molar-refractivity contribution >= 4 is 64.9 Å². The molecule has 14 N–H and O–H groups in total. The summed E-state index contributed by atoms with van der Waals surface area (Å²) in [7, 11) is 4.09. The summed E-state index contributed by atoms with van der Waals surface area (Å²) in [6, 6.07) is 0.643. The van der Waals surface area contributed by atoms with Crippen LogP contribution in [0.1, 0.15) is 416 Å². The smallest absolute Gasteiger partial charge is 0.226 e. The lowest BCUT2D eigenvalue weighted by Gasteiger charge is -2.44. The van der Waals surface area contributed by atoms with Gasteiger partial charge < -0.3 is 88.1 Å². The molecule has 10 amide bonds. The zero-order chi connectivity index (χ0) is 107.